The number of hydrogen-bond acceptors (Lipinski definition) is 6. The van der Waals surface area contributed by atoms with Crippen LogP contribution in [-0.4, -0.2) is 69.8 Å². The third-order valence-electron chi connectivity index (χ3n) is 7.79. The minimum Gasteiger partial charge on any atom is -0.486 e. The number of amides is 2. The minimum atomic E-state index is -3.61. The first kappa shape index (κ1) is 30.7. The number of rotatable bonds is 13. The molecule has 2 amide bonds. The standard InChI is InChI=1S/C31H43N3O6S/c1-3-27(31(36)32-25-13-8-5-9-14-25)33(20-18-24-11-6-4-7-12-24)30(35)15-10-19-34(41(2,37)38)26-16-17-28-29(23-26)40-22-21-39-28/h4,6-7,11-12,16-17,23,25,27H,3,5,8-10,13-15,18-22H2,1-2H3,(H,32,36)/t27-/m1/s1. The van der Waals surface area contributed by atoms with Gasteiger partial charge in [-0.3, -0.25) is 13.9 Å². The Balaban J connectivity index is 1.45. The molecule has 9 nitrogen and oxygen atoms in total. The van der Waals surface area contributed by atoms with Crippen molar-refractivity contribution in [2.24, 2.45) is 0 Å². The van der Waals surface area contributed by atoms with Gasteiger partial charge in [0.25, 0.3) is 0 Å². The van der Waals surface area contributed by atoms with E-state index in [0.717, 1.165) is 37.5 Å². The molecule has 1 atom stereocenters. The molecule has 1 N–H and O–H groups in total. The summed E-state index contributed by atoms with van der Waals surface area (Å²) in [5, 5.41) is 3.20. The lowest BCUT2D eigenvalue weighted by molar-refractivity contribution is -0.141. The summed E-state index contributed by atoms with van der Waals surface area (Å²) in [5.74, 6) is 0.826. The topological polar surface area (TPSA) is 105 Å². The zero-order chi connectivity index (χ0) is 29.2. The Morgan fingerprint density at radius 1 is 0.976 bits per heavy atom. The highest BCUT2D eigenvalue weighted by molar-refractivity contribution is 7.92. The van der Waals surface area contributed by atoms with Crippen molar-refractivity contribution in [3.63, 3.8) is 0 Å². The van der Waals surface area contributed by atoms with Gasteiger partial charge in [-0.05, 0) is 49.8 Å². The normalized spacial score (nSPS) is 16.0. The summed E-state index contributed by atoms with van der Waals surface area (Å²) < 4.78 is 37.9. The lowest BCUT2D eigenvalue weighted by atomic mass is 9.95. The fraction of sp³-hybridized carbons (Fsp3) is 0.548. The van der Waals surface area contributed by atoms with Gasteiger partial charge in [-0.1, -0.05) is 56.5 Å². The summed E-state index contributed by atoms with van der Waals surface area (Å²) in [6.45, 7) is 3.32. The maximum atomic E-state index is 13.7. The van der Waals surface area contributed by atoms with Crippen LogP contribution in [0.4, 0.5) is 5.69 Å². The summed E-state index contributed by atoms with van der Waals surface area (Å²) in [6.07, 6.45) is 8.09. The van der Waals surface area contributed by atoms with Gasteiger partial charge in [0.2, 0.25) is 21.8 Å². The van der Waals surface area contributed by atoms with E-state index in [2.05, 4.69) is 5.32 Å². The largest absolute Gasteiger partial charge is 0.486 e. The SMILES string of the molecule is CC[C@H](C(=O)NC1CCCCC1)N(CCc1ccccc1)C(=O)CCCN(c1ccc2c(c1)OCCO2)S(C)(=O)=O. The van der Waals surface area contributed by atoms with Crippen molar-refractivity contribution >= 4 is 27.5 Å². The molecule has 0 saturated heterocycles. The van der Waals surface area contributed by atoms with Crippen molar-refractivity contribution < 1.29 is 27.5 Å². The number of ether oxygens (including phenoxy) is 2. The van der Waals surface area contributed by atoms with Crippen LogP contribution < -0.4 is 19.1 Å². The Morgan fingerprint density at radius 2 is 1.68 bits per heavy atom. The number of nitrogens with one attached hydrogen (secondary N) is 1. The van der Waals surface area contributed by atoms with Crippen molar-refractivity contribution in [1.29, 1.82) is 0 Å². The van der Waals surface area contributed by atoms with Crippen LogP contribution in [0.15, 0.2) is 48.5 Å². The first-order chi connectivity index (χ1) is 19.8. The molecule has 2 aromatic rings. The van der Waals surface area contributed by atoms with Gasteiger partial charge in [0, 0.05) is 31.6 Å². The molecular weight excluding hydrogens is 542 g/mol. The van der Waals surface area contributed by atoms with Gasteiger partial charge in [0.15, 0.2) is 11.5 Å². The fourth-order valence-corrected chi connectivity index (χ4v) is 6.59. The zero-order valence-corrected chi connectivity index (χ0v) is 25.0. The van der Waals surface area contributed by atoms with Crippen LogP contribution >= 0.6 is 0 Å². The number of fused-ring (bicyclic) bond motifs is 1. The molecule has 0 spiro atoms. The van der Waals surface area contributed by atoms with Crippen molar-refractivity contribution in [2.45, 2.75) is 76.8 Å². The lowest BCUT2D eigenvalue weighted by Gasteiger charge is -2.33. The van der Waals surface area contributed by atoms with E-state index >= 15 is 0 Å². The molecule has 1 saturated carbocycles. The monoisotopic (exact) mass is 585 g/mol. The van der Waals surface area contributed by atoms with E-state index in [0.29, 0.717) is 56.2 Å². The van der Waals surface area contributed by atoms with Crippen LogP contribution in [-0.2, 0) is 26.0 Å². The van der Waals surface area contributed by atoms with E-state index < -0.39 is 16.1 Å². The number of benzene rings is 2. The highest BCUT2D eigenvalue weighted by Gasteiger charge is 2.30. The Kier molecular flexibility index (Phi) is 10.9. The number of carbonyl (C=O) groups is 2. The average Bonchev–Trinajstić information content (AvgIpc) is 2.97. The predicted molar refractivity (Wildman–Crippen MR) is 160 cm³/mol. The Morgan fingerprint density at radius 3 is 2.37 bits per heavy atom. The second kappa shape index (κ2) is 14.6. The Labute approximate surface area is 244 Å². The highest BCUT2D eigenvalue weighted by atomic mass is 32.2. The van der Waals surface area contributed by atoms with Crippen LogP contribution in [0.3, 0.4) is 0 Å². The first-order valence-corrected chi connectivity index (χ1v) is 16.6. The molecule has 41 heavy (non-hydrogen) atoms. The summed E-state index contributed by atoms with van der Waals surface area (Å²) >= 11 is 0. The highest BCUT2D eigenvalue weighted by Crippen LogP contribution is 2.34. The van der Waals surface area contributed by atoms with Gasteiger partial charge < -0.3 is 19.7 Å². The van der Waals surface area contributed by atoms with Gasteiger partial charge in [-0.15, -0.1) is 0 Å². The summed E-state index contributed by atoms with van der Waals surface area (Å²) in [5.41, 5.74) is 1.55. The van der Waals surface area contributed by atoms with Crippen molar-refractivity contribution in [2.75, 3.05) is 36.9 Å². The van der Waals surface area contributed by atoms with Gasteiger partial charge in [-0.25, -0.2) is 8.42 Å². The molecular formula is C31H43N3O6S. The van der Waals surface area contributed by atoms with Crippen LogP contribution in [0.5, 0.6) is 11.5 Å². The third-order valence-corrected chi connectivity index (χ3v) is 8.98. The summed E-state index contributed by atoms with van der Waals surface area (Å²) in [6, 6.07) is 14.5. The molecule has 4 rings (SSSR count). The molecule has 2 aromatic carbocycles. The van der Waals surface area contributed by atoms with E-state index in [9.17, 15) is 18.0 Å². The van der Waals surface area contributed by atoms with Gasteiger partial charge >= 0.3 is 0 Å². The van der Waals surface area contributed by atoms with Crippen LogP contribution in [0.2, 0.25) is 0 Å². The molecule has 1 aliphatic heterocycles. The predicted octanol–water partition coefficient (Wildman–Crippen LogP) is 4.30. The molecule has 1 aliphatic carbocycles. The van der Waals surface area contributed by atoms with Crippen LogP contribution in [0, 0.1) is 0 Å². The first-order valence-electron chi connectivity index (χ1n) is 14.8. The maximum absolute atomic E-state index is 13.7. The van der Waals surface area contributed by atoms with Gasteiger partial charge in [0.1, 0.15) is 19.3 Å². The molecule has 0 radical (unpaired) electrons. The summed E-state index contributed by atoms with van der Waals surface area (Å²) in [4.78, 5) is 28.8. The maximum Gasteiger partial charge on any atom is 0.243 e. The van der Waals surface area contributed by atoms with Gasteiger partial charge in [-0.2, -0.15) is 0 Å². The van der Waals surface area contributed by atoms with Crippen molar-refractivity contribution in [1.82, 2.24) is 10.2 Å². The number of sulfonamides is 1. The van der Waals surface area contributed by atoms with E-state index in [1.54, 1.807) is 23.1 Å². The van der Waals surface area contributed by atoms with Crippen molar-refractivity contribution in [3.8, 4) is 11.5 Å². The van der Waals surface area contributed by atoms with Crippen LogP contribution in [0.1, 0.15) is 63.9 Å². The molecule has 10 heteroatoms. The molecule has 1 heterocycles. The average molecular weight is 586 g/mol. The van der Waals surface area contributed by atoms with Gasteiger partial charge in [0.05, 0.1) is 11.9 Å². The fourth-order valence-electron chi connectivity index (χ4n) is 5.63. The number of anilines is 1. The molecule has 0 aromatic heterocycles. The van der Waals surface area contributed by atoms with E-state index in [1.807, 2.05) is 37.3 Å². The Hall–Kier alpha value is -3.27. The quantitative estimate of drug-likeness (QED) is 0.376. The van der Waals surface area contributed by atoms with E-state index in [4.69, 9.17) is 9.47 Å². The number of carbonyl (C=O) groups excluding carboxylic acids is 2. The number of nitrogens with zero attached hydrogens (tertiary/aromatic N) is 2. The smallest absolute Gasteiger partial charge is 0.243 e. The molecule has 0 bridgehead atoms. The van der Waals surface area contributed by atoms with E-state index in [-0.39, 0.29) is 30.8 Å². The number of hydrogen-bond donors (Lipinski definition) is 1. The minimum absolute atomic E-state index is 0.102. The second-order valence-electron chi connectivity index (χ2n) is 10.9. The second-order valence-corrected chi connectivity index (χ2v) is 12.8. The van der Waals surface area contributed by atoms with Crippen molar-refractivity contribution in [3.05, 3.63) is 54.1 Å². The van der Waals surface area contributed by atoms with E-state index in [1.165, 1.54) is 10.7 Å². The molecule has 0 unspecified atom stereocenters. The molecule has 2 aliphatic rings. The lowest BCUT2D eigenvalue weighted by Crippen LogP contribution is -2.52. The zero-order valence-electron chi connectivity index (χ0n) is 24.2. The molecule has 1 fully saturated rings. The Bertz CT molecular complexity index is 1260. The van der Waals surface area contributed by atoms with Crippen LogP contribution in [0.25, 0.3) is 0 Å². The third kappa shape index (κ3) is 8.61. The molecule has 224 valence electrons. The summed E-state index contributed by atoms with van der Waals surface area (Å²) in [7, 11) is -3.61.